The summed E-state index contributed by atoms with van der Waals surface area (Å²) >= 11 is 1.44. The minimum atomic E-state index is -1.35. The van der Waals surface area contributed by atoms with E-state index >= 15 is 0 Å². The van der Waals surface area contributed by atoms with E-state index < -0.39 is 72.6 Å². The van der Waals surface area contributed by atoms with Gasteiger partial charge in [-0.05, 0) is 43.1 Å². The molecule has 0 unspecified atom stereocenters. The Hall–Kier alpha value is -2.87. The molecule has 0 aromatic carbocycles. The Bertz CT molecular complexity index is 808. The zero-order valence-corrected chi connectivity index (χ0v) is 23.0. The Labute approximate surface area is 222 Å². The fourth-order valence-corrected chi connectivity index (χ4v) is 3.81. The first-order chi connectivity index (χ1) is 17.2. The summed E-state index contributed by atoms with van der Waals surface area (Å²) in [4.78, 5) is 73.4. The first kappa shape index (κ1) is 34.1. The third-order valence-electron chi connectivity index (χ3n) is 5.10. The molecule has 0 radical (unpaired) electrons. The normalized spacial score (nSPS) is 14.3. The van der Waals surface area contributed by atoms with Crippen LogP contribution in [0.2, 0.25) is 0 Å². The first-order valence-corrected chi connectivity index (χ1v) is 13.5. The Morgan fingerprint density at radius 2 is 1.30 bits per heavy atom. The van der Waals surface area contributed by atoms with Crippen molar-refractivity contribution < 1.29 is 33.9 Å². The highest BCUT2D eigenvalue weighted by molar-refractivity contribution is 7.98. The van der Waals surface area contributed by atoms with Crippen molar-refractivity contribution in [3.63, 3.8) is 0 Å². The van der Waals surface area contributed by atoms with Gasteiger partial charge in [0.1, 0.15) is 24.7 Å². The van der Waals surface area contributed by atoms with Crippen molar-refractivity contribution in [1.29, 1.82) is 0 Å². The van der Waals surface area contributed by atoms with Crippen LogP contribution in [0, 0.1) is 11.8 Å². The molecule has 5 amide bonds. The predicted octanol–water partition coefficient (Wildman–Crippen LogP) is -1.31. The zero-order chi connectivity index (χ0) is 28.7. The van der Waals surface area contributed by atoms with Gasteiger partial charge < -0.3 is 37.8 Å². The van der Waals surface area contributed by atoms with Crippen LogP contribution in [0.3, 0.4) is 0 Å². The van der Waals surface area contributed by atoms with Crippen molar-refractivity contribution in [2.75, 3.05) is 18.6 Å². The summed E-state index contributed by atoms with van der Waals surface area (Å²) in [6.45, 7) is 6.80. The molecule has 0 spiro atoms. The number of nitrogens with one attached hydrogen (secondary N) is 4. The van der Waals surface area contributed by atoms with Crippen LogP contribution in [0.5, 0.6) is 0 Å². The van der Waals surface area contributed by atoms with Gasteiger partial charge in [-0.25, -0.2) is 0 Å². The standard InChI is InChI=1S/C23H42N6O7S/c1-12(2)8-14(24)20(33)28-17(10-18(25)30)23(36)29-16(9-13(3)4)22(35)27-15(6-7-37-5)21(34)26-11-19(31)32/h12-17H,6-11,24H2,1-5H3,(H2,25,30)(H,26,34)(H,27,35)(H,28,33)(H,29,36)(H,31,32)/t14-,15-,16-,17-/m0/s1. The zero-order valence-electron chi connectivity index (χ0n) is 22.2. The lowest BCUT2D eigenvalue weighted by Crippen LogP contribution is -2.58. The maximum Gasteiger partial charge on any atom is 0.322 e. The molecule has 0 bridgehead atoms. The lowest BCUT2D eigenvalue weighted by molar-refractivity contribution is -0.138. The number of hydrogen-bond acceptors (Lipinski definition) is 8. The summed E-state index contributed by atoms with van der Waals surface area (Å²) in [5.41, 5.74) is 11.1. The lowest BCUT2D eigenvalue weighted by Gasteiger charge is -2.26. The third kappa shape index (κ3) is 15.1. The van der Waals surface area contributed by atoms with E-state index in [4.69, 9.17) is 16.6 Å². The number of carboxylic acid groups (broad SMARTS) is 1. The van der Waals surface area contributed by atoms with E-state index in [2.05, 4.69) is 21.3 Å². The summed E-state index contributed by atoms with van der Waals surface area (Å²) in [5.74, 6) is -4.26. The van der Waals surface area contributed by atoms with Crippen molar-refractivity contribution in [3.05, 3.63) is 0 Å². The van der Waals surface area contributed by atoms with E-state index in [1.54, 1.807) is 0 Å². The van der Waals surface area contributed by atoms with E-state index in [9.17, 15) is 28.8 Å². The van der Waals surface area contributed by atoms with E-state index in [0.29, 0.717) is 12.2 Å². The van der Waals surface area contributed by atoms with E-state index in [0.717, 1.165) is 0 Å². The molecule has 0 rings (SSSR count). The number of nitrogens with two attached hydrogens (primary N) is 2. The van der Waals surface area contributed by atoms with Crippen molar-refractivity contribution in [2.24, 2.45) is 23.3 Å². The summed E-state index contributed by atoms with van der Waals surface area (Å²) in [5, 5.41) is 18.6. The van der Waals surface area contributed by atoms with E-state index in [1.807, 2.05) is 34.0 Å². The number of aliphatic carboxylic acids is 1. The second-order valence-corrected chi connectivity index (χ2v) is 10.6. The fourth-order valence-electron chi connectivity index (χ4n) is 3.34. The molecular weight excluding hydrogens is 504 g/mol. The van der Waals surface area contributed by atoms with Crippen LogP contribution in [0.4, 0.5) is 0 Å². The summed E-state index contributed by atoms with van der Waals surface area (Å²) in [7, 11) is 0. The van der Waals surface area contributed by atoms with Crippen molar-refractivity contribution >= 4 is 47.3 Å². The third-order valence-corrected chi connectivity index (χ3v) is 5.74. The van der Waals surface area contributed by atoms with Gasteiger partial charge in [0.15, 0.2) is 0 Å². The molecule has 0 heterocycles. The summed E-state index contributed by atoms with van der Waals surface area (Å²) < 4.78 is 0. The Morgan fingerprint density at radius 3 is 1.78 bits per heavy atom. The highest BCUT2D eigenvalue weighted by Crippen LogP contribution is 2.09. The van der Waals surface area contributed by atoms with Crippen molar-refractivity contribution in [1.82, 2.24) is 21.3 Å². The molecule has 0 saturated heterocycles. The number of hydrogen-bond donors (Lipinski definition) is 7. The molecule has 0 aromatic rings. The molecule has 212 valence electrons. The molecule has 0 aromatic heterocycles. The first-order valence-electron chi connectivity index (χ1n) is 12.1. The van der Waals surface area contributed by atoms with Crippen LogP contribution >= 0.6 is 11.8 Å². The molecule has 0 saturated carbocycles. The number of carbonyl (C=O) groups excluding carboxylic acids is 5. The molecule has 14 heteroatoms. The van der Waals surface area contributed by atoms with Crippen LogP contribution in [0.15, 0.2) is 0 Å². The molecule has 13 nitrogen and oxygen atoms in total. The van der Waals surface area contributed by atoms with Gasteiger partial charge in [0.25, 0.3) is 0 Å². The van der Waals surface area contributed by atoms with Gasteiger partial charge in [-0.1, -0.05) is 27.7 Å². The number of thioether (sulfide) groups is 1. The van der Waals surface area contributed by atoms with Gasteiger partial charge in [0.2, 0.25) is 29.5 Å². The highest BCUT2D eigenvalue weighted by atomic mass is 32.2. The highest BCUT2D eigenvalue weighted by Gasteiger charge is 2.31. The van der Waals surface area contributed by atoms with Crippen molar-refractivity contribution in [3.8, 4) is 0 Å². The van der Waals surface area contributed by atoms with Gasteiger partial charge in [0, 0.05) is 0 Å². The predicted molar refractivity (Wildman–Crippen MR) is 140 cm³/mol. The maximum absolute atomic E-state index is 13.1. The van der Waals surface area contributed by atoms with Crippen LogP contribution in [0.1, 0.15) is 53.4 Å². The van der Waals surface area contributed by atoms with Crippen LogP contribution < -0.4 is 32.7 Å². The van der Waals surface area contributed by atoms with Crippen LogP contribution in [0.25, 0.3) is 0 Å². The minimum absolute atomic E-state index is 0.0508. The van der Waals surface area contributed by atoms with Gasteiger partial charge in [-0.3, -0.25) is 28.8 Å². The molecule has 4 atom stereocenters. The monoisotopic (exact) mass is 546 g/mol. The maximum atomic E-state index is 13.1. The molecule has 0 aliphatic carbocycles. The topological polar surface area (TPSA) is 223 Å². The molecule has 0 aliphatic rings. The SMILES string of the molecule is CSCC[C@H](NC(=O)[C@H](CC(C)C)NC(=O)[C@H](CC(N)=O)NC(=O)[C@@H](N)CC(C)C)C(=O)NCC(=O)O. The molecular formula is C23H42N6O7S. The molecule has 0 fully saturated rings. The largest absolute Gasteiger partial charge is 0.480 e. The van der Waals surface area contributed by atoms with Gasteiger partial charge in [-0.15, -0.1) is 0 Å². The number of amides is 5. The lowest BCUT2D eigenvalue weighted by atomic mass is 10.0. The van der Waals surface area contributed by atoms with Crippen LogP contribution in [-0.2, 0) is 28.8 Å². The van der Waals surface area contributed by atoms with E-state index in [-0.39, 0.29) is 24.7 Å². The number of carbonyl (C=O) groups is 6. The smallest absolute Gasteiger partial charge is 0.322 e. The van der Waals surface area contributed by atoms with Gasteiger partial charge >= 0.3 is 5.97 Å². The second kappa shape index (κ2) is 17.6. The average molecular weight is 547 g/mol. The van der Waals surface area contributed by atoms with Crippen molar-refractivity contribution in [2.45, 2.75) is 77.5 Å². The second-order valence-electron chi connectivity index (χ2n) is 9.61. The number of carboxylic acids is 1. The van der Waals surface area contributed by atoms with Crippen LogP contribution in [-0.4, -0.2) is 83.3 Å². The minimum Gasteiger partial charge on any atom is -0.480 e. The molecule has 37 heavy (non-hydrogen) atoms. The Kier molecular flexibility index (Phi) is 16.2. The summed E-state index contributed by atoms with van der Waals surface area (Å²) in [6, 6.07) is -4.38. The van der Waals surface area contributed by atoms with E-state index in [1.165, 1.54) is 11.8 Å². The fraction of sp³-hybridized carbons (Fsp3) is 0.739. The summed E-state index contributed by atoms with van der Waals surface area (Å²) in [6.07, 6.45) is 2.09. The molecule has 0 aliphatic heterocycles. The average Bonchev–Trinajstić information content (AvgIpc) is 2.77. The van der Waals surface area contributed by atoms with Gasteiger partial charge in [0.05, 0.1) is 12.5 Å². The molecule has 9 N–H and O–H groups in total. The number of primary amides is 1. The van der Waals surface area contributed by atoms with Gasteiger partial charge in [-0.2, -0.15) is 11.8 Å². The Balaban J connectivity index is 5.64. The quantitative estimate of drug-likeness (QED) is 0.108. The Morgan fingerprint density at radius 1 is 0.784 bits per heavy atom. The number of rotatable bonds is 18.